The minimum atomic E-state index is 0.418. The van der Waals surface area contributed by atoms with E-state index in [0.717, 1.165) is 40.9 Å². The van der Waals surface area contributed by atoms with E-state index in [9.17, 15) is 0 Å². The Bertz CT molecular complexity index is 1190. The number of fused-ring (bicyclic) bond motifs is 1. The minimum Gasteiger partial charge on any atom is -0.490 e. The van der Waals surface area contributed by atoms with Gasteiger partial charge in [-0.3, -0.25) is 0 Å². The Morgan fingerprint density at radius 1 is 1.00 bits per heavy atom. The smallest absolute Gasteiger partial charge is 0.175 e. The van der Waals surface area contributed by atoms with Gasteiger partial charge in [-0.1, -0.05) is 41.9 Å². The standard InChI is InChI=1S/C26H26BrClN2O2/c1-2-31-25-14-19(13-23(27)26(25)32-17-18-6-5-7-21(28)12-18)15-29-11-10-20-16-30-24-9-4-3-8-22(20)24/h3-9,12-14,16,29-30H,2,10-11,15,17H2,1H3. The van der Waals surface area contributed by atoms with Crippen LogP contribution < -0.4 is 14.8 Å². The van der Waals surface area contributed by atoms with E-state index in [1.54, 1.807) is 0 Å². The summed E-state index contributed by atoms with van der Waals surface area (Å²) in [5, 5.41) is 5.53. The van der Waals surface area contributed by atoms with Crippen molar-refractivity contribution in [2.24, 2.45) is 0 Å². The first-order valence-electron chi connectivity index (χ1n) is 10.7. The average Bonchev–Trinajstić information content (AvgIpc) is 3.20. The highest BCUT2D eigenvalue weighted by Crippen LogP contribution is 2.37. The number of ether oxygens (including phenoxy) is 2. The van der Waals surface area contributed by atoms with E-state index < -0.39 is 0 Å². The summed E-state index contributed by atoms with van der Waals surface area (Å²) in [4.78, 5) is 3.34. The van der Waals surface area contributed by atoms with Crippen LogP contribution >= 0.6 is 27.5 Å². The lowest BCUT2D eigenvalue weighted by Gasteiger charge is -2.16. The number of aromatic amines is 1. The first kappa shape index (κ1) is 22.7. The monoisotopic (exact) mass is 512 g/mol. The van der Waals surface area contributed by atoms with Crippen molar-refractivity contribution in [2.45, 2.75) is 26.5 Å². The largest absolute Gasteiger partial charge is 0.490 e. The molecule has 166 valence electrons. The zero-order valence-electron chi connectivity index (χ0n) is 18.0. The minimum absolute atomic E-state index is 0.418. The van der Waals surface area contributed by atoms with Gasteiger partial charge in [0.2, 0.25) is 0 Å². The number of H-pyrrole nitrogens is 1. The van der Waals surface area contributed by atoms with Crippen molar-refractivity contribution in [3.8, 4) is 11.5 Å². The zero-order chi connectivity index (χ0) is 22.3. The van der Waals surface area contributed by atoms with E-state index in [1.165, 1.54) is 16.5 Å². The predicted molar refractivity (Wildman–Crippen MR) is 135 cm³/mol. The lowest BCUT2D eigenvalue weighted by molar-refractivity contribution is 0.267. The summed E-state index contributed by atoms with van der Waals surface area (Å²) in [7, 11) is 0. The summed E-state index contributed by atoms with van der Waals surface area (Å²) >= 11 is 9.74. The Labute approximate surface area is 202 Å². The highest BCUT2D eigenvalue weighted by molar-refractivity contribution is 9.10. The molecule has 32 heavy (non-hydrogen) atoms. The normalized spacial score (nSPS) is 11.1. The van der Waals surface area contributed by atoms with Gasteiger partial charge in [0.05, 0.1) is 11.1 Å². The highest BCUT2D eigenvalue weighted by atomic mass is 79.9. The van der Waals surface area contributed by atoms with Gasteiger partial charge in [0, 0.05) is 28.7 Å². The van der Waals surface area contributed by atoms with Crippen LogP contribution in [0.3, 0.4) is 0 Å². The topological polar surface area (TPSA) is 46.3 Å². The maximum atomic E-state index is 6.08. The van der Waals surface area contributed by atoms with Gasteiger partial charge in [0.25, 0.3) is 0 Å². The number of para-hydroxylation sites is 1. The van der Waals surface area contributed by atoms with Crippen LogP contribution in [0.15, 0.2) is 71.3 Å². The van der Waals surface area contributed by atoms with Gasteiger partial charge >= 0.3 is 0 Å². The van der Waals surface area contributed by atoms with Crippen LogP contribution in [0.25, 0.3) is 10.9 Å². The lowest BCUT2D eigenvalue weighted by Crippen LogP contribution is -2.16. The average molecular weight is 514 g/mol. The molecule has 6 heteroatoms. The van der Waals surface area contributed by atoms with E-state index in [-0.39, 0.29) is 0 Å². The van der Waals surface area contributed by atoms with Gasteiger partial charge in [-0.15, -0.1) is 0 Å². The number of benzene rings is 3. The molecule has 0 atom stereocenters. The maximum Gasteiger partial charge on any atom is 0.175 e. The second-order valence-corrected chi connectivity index (χ2v) is 8.83. The second-order valence-electron chi connectivity index (χ2n) is 7.54. The van der Waals surface area contributed by atoms with Gasteiger partial charge in [-0.05, 0) is 82.8 Å². The van der Waals surface area contributed by atoms with Crippen LogP contribution in [0.4, 0.5) is 0 Å². The van der Waals surface area contributed by atoms with Crippen LogP contribution in [0.2, 0.25) is 5.02 Å². The maximum absolute atomic E-state index is 6.08. The molecule has 0 unspecified atom stereocenters. The fraction of sp³-hybridized carbons (Fsp3) is 0.231. The van der Waals surface area contributed by atoms with E-state index in [2.05, 4.69) is 62.8 Å². The first-order valence-corrected chi connectivity index (χ1v) is 11.9. The zero-order valence-corrected chi connectivity index (χ0v) is 20.3. The molecule has 2 N–H and O–H groups in total. The van der Waals surface area contributed by atoms with E-state index in [0.29, 0.717) is 24.0 Å². The third-order valence-corrected chi connectivity index (χ3v) is 6.04. The molecule has 0 bridgehead atoms. The number of aromatic nitrogens is 1. The molecular formula is C26H26BrClN2O2. The van der Waals surface area contributed by atoms with Crippen LogP contribution in [-0.4, -0.2) is 18.1 Å². The van der Waals surface area contributed by atoms with Crippen LogP contribution in [0.5, 0.6) is 11.5 Å². The van der Waals surface area contributed by atoms with Gasteiger partial charge in [0.1, 0.15) is 6.61 Å². The van der Waals surface area contributed by atoms with Gasteiger partial charge in [-0.2, -0.15) is 0 Å². The molecule has 3 aromatic carbocycles. The van der Waals surface area contributed by atoms with Crippen molar-refractivity contribution in [3.05, 3.63) is 93.0 Å². The highest BCUT2D eigenvalue weighted by Gasteiger charge is 2.13. The van der Waals surface area contributed by atoms with E-state index >= 15 is 0 Å². The fourth-order valence-electron chi connectivity index (χ4n) is 3.70. The SMILES string of the molecule is CCOc1cc(CNCCc2c[nH]c3ccccc23)cc(Br)c1OCc1cccc(Cl)c1. The molecular weight excluding hydrogens is 488 g/mol. The van der Waals surface area contributed by atoms with Crippen LogP contribution in [0, 0.1) is 0 Å². The summed E-state index contributed by atoms with van der Waals surface area (Å²) in [5.74, 6) is 1.44. The molecule has 0 aliphatic heterocycles. The van der Waals surface area contributed by atoms with Gasteiger partial charge in [0.15, 0.2) is 11.5 Å². The van der Waals surface area contributed by atoms with Crippen LogP contribution in [-0.2, 0) is 19.6 Å². The van der Waals surface area contributed by atoms with Crippen LogP contribution in [0.1, 0.15) is 23.6 Å². The van der Waals surface area contributed by atoms with Crippen molar-refractivity contribution in [2.75, 3.05) is 13.2 Å². The fourth-order valence-corrected chi connectivity index (χ4v) is 4.52. The summed E-state index contributed by atoms with van der Waals surface area (Å²) < 4.78 is 12.8. The summed E-state index contributed by atoms with van der Waals surface area (Å²) in [6.07, 6.45) is 3.06. The van der Waals surface area contributed by atoms with Crippen molar-refractivity contribution in [3.63, 3.8) is 0 Å². The first-order chi connectivity index (χ1) is 15.6. The number of nitrogens with one attached hydrogen (secondary N) is 2. The molecule has 4 nitrogen and oxygen atoms in total. The molecule has 4 aromatic rings. The number of rotatable bonds is 10. The second kappa shape index (κ2) is 10.9. The lowest BCUT2D eigenvalue weighted by atomic mass is 10.1. The number of hydrogen-bond acceptors (Lipinski definition) is 3. The van der Waals surface area contributed by atoms with Crippen molar-refractivity contribution in [1.29, 1.82) is 0 Å². The van der Waals surface area contributed by atoms with Crippen molar-refractivity contribution < 1.29 is 9.47 Å². The molecule has 0 radical (unpaired) electrons. The third-order valence-electron chi connectivity index (χ3n) is 5.22. The Morgan fingerprint density at radius 2 is 1.88 bits per heavy atom. The quantitative estimate of drug-likeness (QED) is 0.227. The number of hydrogen-bond donors (Lipinski definition) is 2. The van der Waals surface area contributed by atoms with Crippen molar-refractivity contribution in [1.82, 2.24) is 10.3 Å². The van der Waals surface area contributed by atoms with Gasteiger partial charge < -0.3 is 19.8 Å². The van der Waals surface area contributed by atoms with E-state index in [1.807, 2.05) is 37.3 Å². The Kier molecular flexibility index (Phi) is 7.74. The molecule has 0 fully saturated rings. The number of halogens is 2. The molecule has 0 aliphatic rings. The van der Waals surface area contributed by atoms with Gasteiger partial charge in [-0.25, -0.2) is 0 Å². The molecule has 0 amide bonds. The molecule has 0 aliphatic carbocycles. The van der Waals surface area contributed by atoms with E-state index in [4.69, 9.17) is 21.1 Å². The Morgan fingerprint density at radius 3 is 2.72 bits per heavy atom. The molecule has 0 saturated carbocycles. The Balaban J connectivity index is 1.38. The van der Waals surface area contributed by atoms with Crippen molar-refractivity contribution >= 4 is 38.4 Å². The Hall–Kier alpha value is -2.47. The summed E-state index contributed by atoms with van der Waals surface area (Å²) in [5.41, 5.74) is 4.65. The molecule has 1 heterocycles. The molecule has 0 spiro atoms. The summed E-state index contributed by atoms with van der Waals surface area (Å²) in [6, 6.07) is 20.2. The summed E-state index contributed by atoms with van der Waals surface area (Å²) in [6.45, 7) is 4.59. The predicted octanol–water partition coefficient (Wildman–Crippen LogP) is 6.89. The molecule has 0 saturated heterocycles. The molecule has 1 aromatic heterocycles. The molecule has 4 rings (SSSR count). The third kappa shape index (κ3) is 5.66.